The Bertz CT molecular complexity index is 840. The lowest BCUT2D eigenvalue weighted by molar-refractivity contribution is 0.102. The zero-order chi connectivity index (χ0) is 16.2. The van der Waals surface area contributed by atoms with Crippen molar-refractivity contribution in [3.05, 3.63) is 65.5 Å². The van der Waals surface area contributed by atoms with Gasteiger partial charge >= 0.3 is 0 Å². The molecule has 0 fully saturated rings. The molecule has 0 atom stereocenters. The highest BCUT2D eigenvalue weighted by molar-refractivity contribution is 6.04. The maximum absolute atomic E-state index is 12.3. The van der Waals surface area contributed by atoms with Crippen LogP contribution in [-0.2, 0) is 6.42 Å². The lowest BCUT2D eigenvalue weighted by Crippen LogP contribution is -2.11. The Morgan fingerprint density at radius 3 is 2.74 bits per heavy atom. The molecule has 1 aromatic heterocycles. The minimum Gasteiger partial charge on any atom is -0.334 e. The molecule has 0 aliphatic carbocycles. The van der Waals surface area contributed by atoms with E-state index in [0.717, 1.165) is 11.1 Å². The summed E-state index contributed by atoms with van der Waals surface area (Å²) >= 11 is 0. The Kier molecular flexibility index (Phi) is 4.19. The average Bonchev–Trinajstić information content (AvgIpc) is 3.04. The van der Waals surface area contributed by atoms with E-state index in [0.29, 0.717) is 29.4 Å². The molecule has 0 radical (unpaired) electrons. The van der Waals surface area contributed by atoms with Crippen LogP contribution in [0.2, 0.25) is 0 Å². The van der Waals surface area contributed by atoms with Crippen molar-refractivity contribution < 1.29 is 9.32 Å². The van der Waals surface area contributed by atoms with Gasteiger partial charge in [-0.15, -0.1) is 0 Å². The molecule has 2 aromatic carbocycles. The van der Waals surface area contributed by atoms with Gasteiger partial charge in [0.2, 0.25) is 0 Å². The lowest BCUT2D eigenvalue weighted by atomic mass is 10.1. The van der Waals surface area contributed by atoms with Crippen LogP contribution in [0.1, 0.15) is 28.7 Å². The Hall–Kier alpha value is -2.95. The highest BCUT2D eigenvalue weighted by Gasteiger charge is 2.10. The molecule has 0 saturated heterocycles. The van der Waals surface area contributed by atoms with Crippen LogP contribution in [0.15, 0.2) is 53.1 Å². The number of nitrogens with zero attached hydrogens (tertiary/aromatic N) is 2. The number of hydrogen-bond acceptors (Lipinski definition) is 4. The van der Waals surface area contributed by atoms with Crippen LogP contribution >= 0.6 is 0 Å². The molecule has 0 saturated carbocycles. The minimum atomic E-state index is -0.148. The summed E-state index contributed by atoms with van der Waals surface area (Å²) in [5.74, 6) is 0.966. The predicted molar refractivity (Wildman–Crippen MR) is 88.2 cm³/mol. The third-order valence-electron chi connectivity index (χ3n) is 3.43. The fourth-order valence-corrected chi connectivity index (χ4v) is 2.23. The van der Waals surface area contributed by atoms with Gasteiger partial charge in [0.25, 0.3) is 11.8 Å². The van der Waals surface area contributed by atoms with Gasteiger partial charge in [-0.2, -0.15) is 4.98 Å². The van der Waals surface area contributed by atoms with Crippen LogP contribution in [0.3, 0.4) is 0 Å². The van der Waals surface area contributed by atoms with Crippen molar-refractivity contribution in [2.24, 2.45) is 0 Å². The Labute approximate surface area is 134 Å². The molecule has 3 aromatic rings. The molecule has 5 nitrogen and oxygen atoms in total. The van der Waals surface area contributed by atoms with Gasteiger partial charge in [0.05, 0.1) is 0 Å². The van der Waals surface area contributed by atoms with E-state index in [4.69, 9.17) is 4.52 Å². The van der Waals surface area contributed by atoms with Crippen LogP contribution in [0.25, 0.3) is 11.5 Å². The number of nitrogens with one attached hydrogen (secondary N) is 1. The van der Waals surface area contributed by atoms with Crippen molar-refractivity contribution >= 4 is 11.6 Å². The predicted octanol–water partition coefficient (Wildman–Crippen LogP) is 3.86. The molecule has 0 bridgehead atoms. The summed E-state index contributed by atoms with van der Waals surface area (Å²) in [5, 5.41) is 6.77. The van der Waals surface area contributed by atoms with Crippen molar-refractivity contribution in [2.75, 3.05) is 5.32 Å². The van der Waals surface area contributed by atoms with Gasteiger partial charge < -0.3 is 9.84 Å². The fourth-order valence-electron chi connectivity index (χ4n) is 2.23. The summed E-state index contributed by atoms with van der Waals surface area (Å²) in [6, 6.07) is 14.8. The maximum atomic E-state index is 12.3. The maximum Gasteiger partial charge on any atom is 0.257 e. The fraction of sp³-hybridized carbons (Fsp3) is 0.167. The van der Waals surface area contributed by atoms with Gasteiger partial charge in [0, 0.05) is 23.2 Å². The summed E-state index contributed by atoms with van der Waals surface area (Å²) < 4.78 is 5.23. The first kappa shape index (κ1) is 15.0. The third kappa shape index (κ3) is 3.45. The zero-order valence-electron chi connectivity index (χ0n) is 13.0. The molecule has 0 spiro atoms. The molecule has 23 heavy (non-hydrogen) atoms. The molecule has 3 rings (SSSR count). The SMILES string of the molecule is CCc1noc(-c2cccc(NC(=O)c3cccc(C)c3)c2)n1. The largest absolute Gasteiger partial charge is 0.334 e. The number of amides is 1. The molecule has 116 valence electrons. The van der Waals surface area contributed by atoms with E-state index >= 15 is 0 Å². The first-order valence-corrected chi connectivity index (χ1v) is 7.47. The average molecular weight is 307 g/mol. The van der Waals surface area contributed by atoms with Gasteiger partial charge in [0.15, 0.2) is 5.82 Å². The summed E-state index contributed by atoms with van der Waals surface area (Å²) in [6.07, 6.45) is 0.716. The van der Waals surface area contributed by atoms with Crippen molar-refractivity contribution in [2.45, 2.75) is 20.3 Å². The number of benzene rings is 2. The summed E-state index contributed by atoms with van der Waals surface area (Å²) in [7, 11) is 0. The Morgan fingerprint density at radius 1 is 1.17 bits per heavy atom. The molecular formula is C18H17N3O2. The minimum absolute atomic E-state index is 0.148. The number of aromatic nitrogens is 2. The van der Waals surface area contributed by atoms with Crippen LogP contribution in [0.5, 0.6) is 0 Å². The van der Waals surface area contributed by atoms with Crippen molar-refractivity contribution in [1.29, 1.82) is 0 Å². The van der Waals surface area contributed by atoms with Crippen LogP contribution in [-0.4, -0.2) is 16.0 Å². The number of carbonyl (C=O) groups excluding carboxylic acids is 1. The third-order valence-corrected chi connectivity index (χ3v) is 3.43. The Morgan fingerprint density at radius 2 is 2.00 bits per heavy atom. The highest BCUT2D eigenvalue weighted by Crippen LogP contribution is 2.21. The smallest absolute Gasteiger partial charge is 0.257 e. The summed E-state index contributed by atoms with van der Waals surface area (Å²) in [5.41, 5.74) is 3.13. The van der Waals surface area contributed by atoms with E-state index < -0.39 is 0 Å². The van der Waals surface area contributed by atoms with E-state index in [9.17, 15) is 4.79 Å². The van der Waals surface area contributed by atoms with E-state index in [1.165, 1.54) is 0 Å². The molecule has 0 aliphatic heterocycles. The van der Waals surface area contributed by atoms with E-state index in [-0.39, 0.29) is 5.91 Å². The normalized spacial score (nSPS) is 10.5. The van der Waals surface area contributed by atoms with Gasteiger partial charge in [-0.3, -0.25) is 4.79 Å². The first-order valence-electron chi connectivity index (χ1n) is 7.47. The molecule has 0 unspecified atom stereocenters. The standard InChI is InChI=1S/C18H17N3O2/c1-3-16-20-18(23-21-16)14-8-5-9-15(11-14)19-17(22)13-7-4-6-12(2)10-13/h4-11H,3H2,1-2H3,(H,19,22). The van der Waals surface area contributed by atoms with Crippen LogP contribution < -0.4 is 5.32 Å². The summed E-state index contributed by atoms with van der Waals surface area (Å²) in [6.45, 7) is 3.92. The number of hydrogen-bond donors (Lipinski definition) is 1. The molecule has 5 heteroatoms. The monoisotopic (exact) mass is 307 g/mol. The van der Waals surface area contributed by atoms with Gasteiger partial charge in [0.1, 0.15) is 0 Å². The first-order chi connectivity index (χ1) is 11.2. The van der Waals surface area contributed by atoms with E-state index in [1.807, 2.05) is 56.3 Å². The quantitative estimate of drug-likeness (QED) is 0.794. The topological polar surface area (TPSA) is 68.0 Å². The molecule has 0 aliphatic rings. The molecule has 1 amide bonds. The van der Waals surface area contributed by atoms with Crippen LogP contribution in [0.4, 0.5) is 5.69 Å². The van der Waals surface area contributed by atoms with Gasteiger partial charge in [-0.25, -0.2) is 0 Å². The van der Waals surface area contributed by atoms with E-state index in [2.05, 4.69) is 15.5 Å². The number of rotatable bonds is 4. The molecular weight excluding hydrogens is 290 g/mol. The number of anilines is 1. The second-order valence-electron chi connectivity index (χ2n) is 5.27. The Balaban J connectivity index is 1.81. The molecule has 1 heterocycles. The second-order valence-corrected chi connectivity index (χ2v) is 5.27. The van der Waals surface area contributed by atoms with Crippen molar-refractivity contribution in [1.82, 2.24) is 10.1 Å². The molecule has 1 N–H and O–H groups in total. The van der Waals surface area contributed by atoms with Crippen LogP contribution in [0, 0.1) is 6.92 Å². The summed E-state index contributed by atoms with van der Waals surface area (Å²) in [4.78, 5) is 16.6. The number of carbonyl (C=O) groups is 1. The van der Waals surface area contributed by atoms with Gasteiger partial charge in [-0.1, -0.05) is 35.8 Å². The van der Waals surface area contributed by atoms with Gasteiger partial charge in [-0.05, 0) is 37.3 Å². The second kappa shape index (κ2) is 6.44. The highest BCUT2D eigenvalue weighted by atomic mass is 16.5. The van der Waals surface area contributed by atoms with E-state index in [1.54, 1.807) is 6.07 Å². The van der Waals surface area contributed by atoms with Crippen molar-refractivity contribution in [3.8, 4) is 11.5 Å². The lowest BCUT2D eigenvalue weighted by Gasteiger charge is -2.06. The number of aryl methyl sites for hydroxylation is 2. The van der Waals surface area contributed by atoms with Crippen molar-refractivity contribution in [3.63, 3.8) is 0 Å². The zero-order valence-corrected chi connectivity index (χ0v) is 13.0.